The zero-order chi connectivity index (χ0) is 52.0. The number of carbonyl (C=O) groups excluding carboxylic acids is 10. The second kappa shape index (κ2) is 38.7. The molecule has 378 valence electrons. The number of ketones is 4. The minimum Gasteiger partial charge on any atom is -0.469 e. The van der Waals surface area contributed by atoms with Gasteiger partial charge in [0.1, 0.15) is 11.6 Å². The van der Waals surface area contributed by atoms with Crippen molar-refractivity contribution in [3.63, 3.8) is 0 Å². The number of rotatable bonds is 32. The van der Waals surface area contributed by atoms with E-state index in [2.05, 4.69) is 62.6 Å². The van der Waals surface area contributed by atoms with E-state index in [0.29, 0.717) is 65.3 Å². The van der Waals surface area contributed by atoms with Crippen molar-refractivity contribution >= 4 is 102 Å². The zero-order valence-corrected chi connectivity index (χ0v) is 41.8. The second-order valence-corrected chi connectivity index (χ2v) is 16.2. The number of esters is 2. The van der Waals surface area contributed by atoms with Crippen LogP contribution in [0.2, 0.25) is 0 Å². The van der Waals surface area contributed by atoms with Crippen molar-refractivity contribution in [3.8, 4) is 0 Å². The highest BCUT2D eigenvalue weighted by atomic mass is 79.9. The van der Waals surface area contributed by atoms with E-state index in [-0.39, 0.29) is 144 Å². The lowest BCUT2D eigenvalue weighted by atomic mass is 10.1. The molecule has 4 amide bonds. The van der Waals surface area contributed by atoms with E-state index in [9.17, 15) is 62.5 Å². The normalized spacial score (nSPS) is 10.4. The molecule has 2 aromatic rings. The monoisotopic (exact) mass is 1090 g/mol. The van der Waals surface area contributed by atoms with Crippen LogP contribution in [-0.2, 0) is 81.3 Å². The Morgan fingerprint density at radius 3 is 1.13 bits per heavy atom. The van der Waals surface area contributed by atoms with Gasteiger partial charge in [-0.25, -0.2) is 0 Å². The molecular weight excluding hydrogens is 1020 g/mol. The van der Waals surface area contributed by atoms with Gasteiger partial charge in [-0.05, 0) is 72.2 Å². The van der Waals surface area contributed by atoms with E-state index in [4.69, 9.17) is 1.37 Å². The molecule has 0 aromatic heterocycles. The summed E-state index contributed by atoms with van der Waals surface area (Å²) in [5.74, 6) is -2.87. The maximum atomic E-state index is 12.2. The van der Waals surface area contributed by atoms with Crippen LogP contribution >= 0.6 is 31.9 Å². The highest BCUT2D eigenvalue weighted by Gasteiger charge is 2.14. The molecule has 0 radical (unpaired) electrons. The van der Waals surface area contributed by atoms with Crippen LogP contribution in [0.15, 0.2) is 36.4 Å². The quantitative estimate of drug-likeness (QED) is 0.0291. The molecule has 6 N–H and O–H groups in total. The topological polar surface area (TPSA) is 278 Å². The maximum absolute atomic E-state index is 12.2. The number of nitrogens with one attached hydrogen (secondary N) is 4. The number of carbonyl (C=O) groups is 10. The lowest BCUT2D eigenvalue weighted by molar-refractivity contribution is -0.141. The molecule has 0 unspecified atom stereocenters. The number of hydrogen-bond acceptors (Lipinski definition) is 14. The molecule has 21 heteroatoms. The van der Waals surface area contributed by atoms with E-state index in [1.807, 2.05) is 18.2 Å². The molecule has 2 aromatic carbocycles. The fraction of sp³-hybridized carbons (Fsp3) is 0.532. The number of aliphatic hydroxyl groups excluding tert-OH is 2. The Balaban J connectivity index is 0.00000127. The fourth-order valence-corrected chi connectivity index (χ4v) is 6.50. The van der Waals surface area contributed by atoms with Gasteiger partial charge in [-0.15, -0.1) is 0 Å². The van der Waals surface area contributed by atoms with Gasteiger partial charge >= 0.3 is 11.9 Å². The third kappa shape index (κ3) is 31.7. The van der Waals surface area contributed by atoms with Crippen molar-refractivity contribution in [1.82, 2.24) is 10.6 Å². The van der Waals surface area contributed by atoms with E-state index >= 15 is 0 Å². The largest absolute Gasteiger partial charge is 0.469 e. The first kappa shape index (κ1) is 60.8. The van der Waals surface area contributed by atoms with Crippen LogP contribution in [0.25, 0.3) is 0 Å². The Morgan fingerprint density at radius 1 is 0.485 bits per heavy atom. The summed E-state index contributed by atoms with van der Waals surface area (Å²) >= 11 is 6.80. The molecule has 18 nitrogen and oxygen atoms in total. The SMILES string of the molecule is COC(=O)CCCCC(=O)CCC(=O)NCC(=O)CCC(=O)Nc1cc(CBr)cc(CBr)c1.COC(=O)CCCCC(=O)CCC(=O)NCC(=O)CCC(=O)Nc1cc(CO)cc(CO)c1.[2H]CF. The van der Waals surface area contributed by atoms with Crippen molar-refractivity contribution in [2.75, 3.05) is 45.1 Å². The van der Waals surface area contributed by atoms with Gasteiger partial charge in [0.05, 0.1) is 49.0 Å². The van der Waals surface area contributed by atoms with Crippen molar-refractivity contribution in [1.29, 1.82) is 0 Å². The molecule has 0 fully saturated rings. The Labute approximate surface area is 414 Å². The van der Waals surface area contributed by atoms with Gasteiger partial charge < -0.3 is 41.0 Å². The minimum atomic E-state index is -1.00. The summed E-state index contributed by atoms with van der Waals surface area (Å²) < 4.78 is 24.5. The van der Waals surface area contributed by atoms with Crippen LogP contribution in [0, 0.1) is 0 Å². The average Bonchev–Trinajstić information content (AvgIpc) is 3.34. The molecule has 0 saturated carbocycles. The van der Waals surface area contributed by atoms with Gasteiger partial charge in [-0.3, -0.25) is 52.3 Å². The van der Waals surface area contributed by atoms with Crippen LogP contribution in [0.1, 0.15) is 126 Å². The number of anilines is 2. The molecule has 0 spiro atoms. The van der Waals surface area contributed by atoms with Crippen molar-refractivity contribution < 1.29 is 73.4 Å². The number of Topliss-reactive ketones (excluding diaryl/α,β-unsaturated/α-hetero) is 4. The third-order valence-corrected chi connectivity index (χ3v) is 10.8. The van der Waals surface area contributed by atoms with Gasteiger partial charge in [0.15, 0.2) is 11.6 Å². The van der Waals surface area contributed by atoms with E-state index in [1.54, 1.807) is 18.2 Å². The minimum absolute atomic E-state index is 0.00339. The molecule has 0 aliphatic heterocycles. The lowest BCUT2D eigenvalue weighted by Gasteiger charge is -2.09. The number of halogens is 3. The standard InChI is InChI=1S/C23H30Br2N2O6.C23H32N2O8.CH3F/c1-33-23(32)5-3-2-4-19(28)6-8-21(30)26-15-20(29)7-9-22(31)27-18-11-16(13-24)10-17(12-18)14-25;1-33-23(32)5-3-2-4-19(28)6-8-21(30)24-13-20(29)7-9-22(31)25-18-11-16(14-26)10-17(12-18)15-27;1-2/h10-12H,2-9,13-15H2,1H3,(H,26,30)(H,27,31);10-12,26-27H,2-9,13-15H2,1H3,(H,24,30)(H,25,31);1H3/i;;1D. The first-order chi connectivity index (χ1) is 32.9. The van der Waals surface area contributed by atoms with E-state index < -0.39 is 19.0 Å². The summed E-state index contributed by atoms with van der Waals surface area (Å²) in [7, 11) is 1.62. The number of alkyl halides is 3. The highest BCUT2D eigenvalue weighted by Crippen LogP contribution is 2.20. The number of benzene rings is 2. The average molecular weight is 1090 g/mol. The molecule has 0 saturated heterocycles. The molecule has 0 aliphatic rings. The second-order valence-electron chi connectivity index (χ2n) is 15.0. The summed E-state index contributed by atoms with van der Waals surface area (Å²) in [4.78, 5) is 117. The smallest absolute Gasteiger partial charge is 0.305 e. The lowest BCUT2D eigenvalue weighted by Crippen LogP contribution is -2.30. The molecular formula is C47H65Br2FN4O14. The number of hydrogen-bond donors (Lipinski definition) is 6. The molecule has 0 aliphatic carbocycles. The number of ether oxygens (including phenoxy) is 2. The maximum Gasteiger partial charge on any atom is 0.305 e. The zero-order valence-electron chi connectivity index (χ0n) is 39.7. The summed E-state index contributed by atoms with van der Waals surface area (Å²) in [6.07, 6.45) is 3.30. The van der Waals surface area contributed by atoms with Crippen LogP contribution in [-0.4, -0.2) is 103 Å². The molecule has 0 bridgehead atoms. The highest BCUT2D eigenvalue weighted by molar-refractivity contribution is 9.08. The summed E-state index contributed by atoms with van der Waals surface area (Å²) in [6.45, 7) is -0.883. The van der Waals surface area contributed by atoms with Crippen LogP contribution in [0.4, 0.5) is 15.8 Å². The number of aliphatic hydroxyl groups is 2. The van der Waals surface area contributed by atoms with Gasteiger partial charge in [0.2, 0.25) is 23.6 Å². The molecule has 0 atom stereocenters. The summed E-state index contributed by atoms with van der Waals surface area (Å²) in [5, 5.41) is 30.1. The van der Waals surface area contributed by atoms with Crippen molar-refractivity contribution in [2.24, 2.45) is 0 Å². The van der Waals surface area contributed by atoms with E-state index in [1.165, 1.54) is 14.2 Å². The van der Waals surface area contributed by atoms with Gasteiger partial charge in [-0.2, -0.15) is 0 Å². The summed E-state index contributed by atoms with van der Waals surface area (Å²) in [6, 6.07) is 10.5. The molecule has 68 heavy (non-hydrogen) atoms. The molecule has 0 heterocycles. The predicted octanol–water partition coefficient (Wildman–Crippen LogP) is 5.71. The Bertz CT molecular complexity index is 1810. The van der Waals surface area contributed by atoms with Gasteiger partial charge in [0.25, 0.3) is 0 Å². The Kier molecular flexibility index (Phi) is 34.6. The Hall–Kier alpha value is -5.25. The van der Waals surface area contributed by atoms with E-state index in [0.717, 1.165) is 11.1 Å². The molecule has 2 rings (SSSR count). The Morgan fingerprint density at radius 2 is 0.794 bits per heavy atom. The van der Waals surface area contributed by atoms with Crippen LogP contribution in [0.5, 0.6) is 0 Å². The first-order valence-electron chi connectivity index (χ1n) is 22.4. The van der Waals surface area contributed by atoms with Crippen LogP contribution < -0.4 is 21.3 Å². The summed E-state index contributed by atoms with van der Waals surface area (Å²) in [5.41, 5.74) is 4.21. The fourth-order valence-electron chi connectivity index (χ4n) is 5.85. The number of methoxy groups -OCH3 is 2. The number of amides is 4. The van der Waals surface area contributed by atoms with Crippen molar-refractivity contribution in [2.45, 2.75) is 127 Å². The van der Waals surface area contributed by atoms with Gasteiger partial charge in [-0.1, -0.05) is 44.0 Å². The van der Waals surface area contributed by atoms with Gasteiger partial charge in [0, 0.05) is 99.1 Å². The third-order valence-electron chi connectivity index (χ3n) is 9.46. The van der Waals surface area contributed by atoms with Crippen LogP contribution in [0.3, 0.4) is 0 Å². The predicted molar refractivity (Wildman–Crippen MR) is 258 cm³/mol. The first-order valence-corrected chi connectivity index (χ1v) is 24.0. The number of unbranched alkanes of at least 4 members (excludes halogenated alkanes) is 2. The van der Waals surface area contributed by atoms with Crippen molar-refractivity contribution in [3.05, 3.63) is 58.7 Å².